The van der Waals surface area contributed by atoms with Crippen LogP contribution in [0.25, 0.3) is 10.8 Å². The number of fused-ring (bicyclic) bond motifs is 1. The topological polar surface area (TPSA) is 43.4 Å². The van der Waals surface area contributed by atoms with E-state index < -0.39 is 5.97 Å². The Morgan fingerprint density at radius 1 is 0.818 bits per heavy atom. The molecular weight excluding hydrogens is 276 g/mol. The van der Waals surface area contributed by atoms with Crippen molar-refractivity contribution in [2.24, 2.45) is 0 Å². The molecule has 0 spiro atoms. The largest absolute Gasteiger partial charge is 0.423 e. The lowest BCUT2D eigenvalue weighted by molar-refractivity contribution is 0.0737. The molecule has 0 radical (unpaired) electrons. The van der Waals surface area contributed by atoms with Crippen LogP contribution in [0.1, 0.15) is 27.6 Å². The lowest BCUT2D eigenvalue weighted by atomic mass is 10.0. The van der Waals surface area contributed by atoms with E-state index in [1.165, 1.54) is 6.92 Å². The summed E-state index contributed by atoms with van der Waals surface area (Å²) in [5.74, 6) is -0.0118. The zero-order chi connectivity index (χ0) is 15.5. The Labute approximate surface area is 128 Å². The van der Waals surface area contributed by atoms with Crippen molar-refractivity contribution in [3.05, 3.63) is 77.9 Å². The average Bonchev–Trinajstić information content (AvgIpc) is 2.54. The fourth-order valence-corrected chi connectivity index (χ4v) is 2.32. The SMILES string of the molecule is CC(=O)c1ccc(OC(=O)c2cccc3ccccc23)cc1. The Balaban J connectivity index is 1.89. The van der Waals surface area contributed by atoms with Gasteiger partial charge in [-0.2, -0.15) is 0 Å². The highest BCUT2D eigenvalue weighted by molar-refractivity contribution is 6.05. The Morgan fingerprint density at radius 3 is 2.23 bits per heavy atom. The fraction of sp³-hybridized carbons (Fsp3) is 0.0526. The van der Waals surface area contributed by atoms with Crippen LogP contribution in [0.15, 0.2) is 66.7 Å². The first kappa shape index (κ1) is 14.0. The summed E-state index contributed by atoms with van der Waals surface area (Å²) >= 11 is 0. The molecule has 0 atom stereocenters. The van der Waals surface area contributed by atoms with E-state index in [0.717, 1.165) is 10.8 Å². The molecule has 0 N–H and O–H groups in total. The van der Waals surface area contributed by atoms with Gasteiger partial charge in [-0.05, 0) is 48.0 Å². The summed E-state index contributed by atoms with van der Waals surface area (Å²) < 4.78 is 5.39. The Bertz CT molecular complexity index is 843. The van der Waals surface area contributed by atoms with Crippen LogP contribution >= 0.6 is 0 Å². The second-order valence-corrected chi connectivity index (χ2v) is 5.00. The minimum atomic E-state index is -0.410. The monoisotopic (exact) mass is 290 g/mol. The molecule has 3 nitrogen and oxygen atoms in total. The van der Waals surface area contributed by atoms with Crippen molar-refractivity contribution in [1.82, 2.24) is 0 Å². The van der Waals surface area contributed by atoms with Crippen LogP contribution in [-0.2, 0) is 0 Å². The molecule has 0 amide bonds. The third kappa shape index (κ3) is 2.74. The minimum absolute atomic E-state index is 0.0214. The molecule has 108 valence electrons. The molecule has 0 saturated heterocycles. The highest BCUT2D eigenvalue weighted by Crippen LogP contribution is 2.21. The summed E-state index contributed by atoms with van der Waals surface area (Å²) in [6.07, 6.45) is 0. The number of ketones is 1. The molecule has 0 aliphatic heterocycles. The quantitative estimate of drug-likeness (QED) is 0.411. The van der Waals surface area contributed by atoms with Crippen molar-refractivity contribution in [2.75, 3.05) is 0 Å². The summed E-state index contributed by atoms with van der Waals surface area (Å²) in [5, 5.41) is 1.85. The van der Waals surface area contributed by atoms with Gasteiger partial charge in [-0.25, -0.2) is 4.79 Å². The molecule has 0 aliphatic rings. The van der Waals surface area contributed by atoms with Gasteiger partial charge in [0.15, 0.2) is 5.78 Å². The van der Waals surface area contributed by atoms with Gasteiger partial charge in [0.1, 0.15) is 5.75 Å². The van der Waals surface area contributed by atoms with E-state index in [1.807, 2.05) is 36.4 Å². The van der Waals surface area contributed by atoms with Gasteiger partial charge in [0.05, 0.1) is 5.56 Å². The van der Waals surface area contributed by atoms with E-state index in [9.17, 15) is 9.59 Å². The maximum absolute atomic E-state index is 12.4. The molecule has 3 aromatic rings. The van der Waals surface area contributed by atoms with Crippen molar-refractivity contribution in [1.29, 1.82) is 0 Å². The van der Waals surface area contributed by atoms with Crippen molar-refractivity contribution >= 4 is 22.5 Å². The first-order chi connectivity index (χ1) is 10.6. The molecule has 0 saturated carbocycles. The van der Waals surface area contributed by atoms with Gasteiger partial charge in [-0.1, -0.05) is 36.4 Å². The normalized spacial score (nSPS) is 10.4. The molecule has 0 heterocycles. The third-order valence-electron chi connectivity index (χ3n) is 3.48. The van der Waals surface area contributed by atoms with Gasteiger partial charge in [-0.3, -0.25) is 4.79 Å². The van der Waals surface area contributed by atoms with Crippen LogP contribution < -0.4 is 4.74 Å². The van der Waals surface area contributed by atoms with E-state index in [2.05, 4.69) is 0 Å². The molecule has 0 aliphatic carbocycles. The molecule has 0 unspecified atom stereocenters. The first-order valence-electron chi connectivity index (χ1n) is 6.96. The fourth-order valence-electron chi connectivity index (χ4n) is 2.32. The number of hydrogen-bond acceptors (Lipinski definition) is 3. The van der Waals surface area contributed by atoms with E-state index in [-0.39, 0.29) is 5.78 Å². The number of carbonyl (C=O) groups excluding carboxylic acids is 2. The number of ether oxygens (including phenoxy) is 1. The summed E-state index contributed by atoms with van der Waals surface area (Å²) in [4.78, 5) is 23.6. The van der Waals surface area contributed by atoms with Gasteiger partial charge < -0.3 is 4.74 Å². The van der Waals surface area contributed by atoms with Crippen molar-refractivity contribution in [3.63, 3.8) is 0 Å². The van der Waals surface area contributed by atoms with E-state index in [0.29, 0.717) is 16.9 Å². The number of hydrogen-bond donors (Lipinski definition) is 0. The number of Topliss-reactive ketones (excluding diaryl/α,β-unsaturated/α-hetero) is 1. The molecular formula is C19H14O3. The van der Waals surface area contributed by atoms with Gasteiger partial charge >= 0.3 is 5.97 Å². The van der Waals surface area contributed by atoms with Crippen LogP contribution in [-0.4, -0.2) is 11.8 Å². The molecule has 22 heavy (non-hydrogen) atoms. The highest BCUT2D eigenvalue weighted by atomic mass is 16.5. The highest BCUT2D eigenvalue weighted by Gasteiger charge is 2.12. The molecule has 3 aromatic carbocycles. The Morgan fingerprint density at radius 2 is 1.50 bits per heavy atom. The van der Waals surface area contributed by atoms with Gasteiger partial charge in [0.2, 0.25) is 0 Å². The summed E-state index contributed by atoms with van der Waals surface area (Å²) in [5.41, 5.74) is 1.11. The van der Waals surface area contributed by atoms with Gasteiger partial charge in [0.25, 0.3) is 0 Å². The molecule has 0 fully saturated rings. The predicted octanol–water partition coefficient (Wildman–Crippen LogP) is 4.26. The van der Waals surface area contributed by atoms with Crippen LogP contribution in [0.4, 0.5) is 0 Å². The van der Waals surface area contributed by atoms with Crippen LogP contribution in [0.2, 0.25) is 0 Å². The number of rotatable bonds is 3. The van der Waals surface area contributed by atoms with E-state index >= 15 is 0 Å². The van der Waals surface area contributed by atoms with Crippen molar-refractivity contribution in [3.8, 4) is 5.75 Å². The van der Waals surface area contributed by atoms with E-state index in [1.54, 1.807) is 30.3 Å². The summed E-state index contributed by atoms with van der Waals surface area (Å²) in [6.45, 7) is 1.50. The number of esters is 1. The number of benzene rings is 3. The first-order valence-corrected chi connectivity index (χ1v) is 6.96. The number of carbonyl (C=O) groups is 2. The lowest BCUT2D eigenvalue weighted by Crippen LogP contribution is -2.09. The minimum Gasteiger partial charge on any atom is -0.423 e. The zero-order valence-electron chi connectivity index (χ0n) is 12.1. The maximum Gasteiger partial charge on any atom is 0.344 e. The Hall–Kier alpha value is -2.94. The van der Waals surface area contributed by atoms with Crippen LogP contribution in [0, 0.1) is 0 Å². The van der Waals surface area contributed by atoms with Gasteiger partial charge in [-0.15, -0.1) is 0 Å². The molecule has 3 rings (SSSR count). The zero-order valence-corrected chi connectivity index (χ0v) is 12.1. The van der Waals surface area contributed by atoms with E-state index in [4.69, 9.17) is 4.74 Å². The summed E-state index contributed by atoms with van der Waals surface area (Å²) in [7, 11) is 0. The average molecular weight is 290 g/mol. The standard InChI is InChI=1S/C19H14O3/c1-13(20)14-9-11-16(12-10-14)22-19(21)18-8-4-6-15-5-2-3-7-17(15)18/h2-12H,1H3. The van der Waals surface area contributed by atoms with Crippen LogP contribution in [0.5, 0.6) is 5.75 Å². The third-order valence-corrected chi connectivity index (χ3v) is 3.48. The molecule has 3 heteroatoms. The van der Waals surface area contributed by atoms with Crippen molar-refractivity contribution < 1.29 is 14.3 Å². The second-order valence-electron chi connectivity index (χ2n) is 5.00. The summed E-state index contributed by atoms with van der Waals surface area (Å²) in [6, 6.07) is 19.7. The second kappa shape index (κ2) is 5.82. The smallest absolute Gasteiger partial charge is 0.344 e. The maximum atomic E-state index is 12.4. The van der Waals surface area contributed by atoms with Crippen LogP contribution in [0.3, 0.4) is 0 Å². The Kier molecular flexibility index (Phi) is 3.71. The lowest BCUT2D eigenvalue weighted by Gasteiger charge is -2.07. The predicted molar refractivity (Wildman–Crippen MR) is 85.4 cm³/mol. The molecule has 0 bridgehead atoms. The van der Waals surface area contributed by atoms with Gasteiger partial charge in [0, 0.05) is 5.56 Å². The van der Waals surface area contributed by atoms with Crippen molar-refractivity contribution in [2.45, 2.75) is 6.92 Å². The molecule has 0 aromatic heterocycles.